The van der Waals surface area contributed by atoms with E-state index in [1.165, 1.54) is 56.6 Å². The van der Waals surface area contributed by atoms with Gasteiger partial charge in [0.1, 0.15) is 11.9 Å². The zero-order valence-electron chi connectivity index (χ0n) is 23.0. The number of aromatic nitrogens is 4. The van der Waals surface area contributed by atoms with E-state index in [2.05, 4.69) is 49.1 Å². The molecule has 8 nitrogen and oxygen atoms in total. The summed E-state index contributed by atoms with van der Waals surface area (Å²) in [6, 6.07) is 9.41. The minimum atomic E-state index is 0.143. The average Bonchev–Trinajstić information content (AvgIpc) is 3.49. The molecule has 8 heteroatoms. The fraction of sp³-hybridized carbons (Fsp3) is 0.633. The van der Waals surface area contributed by atoms with Gasteiger partial charge in [-0.05, 0) is 76.0 Å². The largest absolute Gasteiger partial charge is 0.485 e. The second-order valence-corrected chi connectivity index (χ2v) is 12.4. The van der Waals surface area contributed by atoms with Crippen LogP contribution in [0.2, 0.25) is 0 Å². The number of likely N-dealkylation sites (tertiary alicyclic amines) is 1. The molecule has 0 radical (unpaired) electrons. The number of rotatable bonds is 6. The average molecular weight is 517 g/mol. The van der Waals surface area contributed by atoms with Crippen molar-refractivity contribution in [3.63, 3.8) is 0 Å². The topological polar surface area (TPSA) is 68.0 Å². The van der Waals surface area contributed by atoms with Crippen LogP contribution < -0.4 is 9.64 Å². The number of aryl methyl sites for hydroxylation is 3. The lowest BCUT2D eigenvalue weighted by Crippen LogP contribution is -2.66. The van der Waals surface area contributed by atoms with Gasteiger partial charge in [-0.3, -0.25) is 0 Å². The molecule has 0 amide bonds. The summed E-state index contributed by atoms with van der Waals surface area (Å²) in [6.07, 6.45) is 6.53. The summed E-state index contributed by atoms with van der Waals surface area (Å²) in [5.41, 5.74) is 5.20. The van der Waals surface area contributed by atoms with Gasteiger partial charge in [0.15, 0.2) is 5.75 Å². The first-order chi connectivity index (χ1) is 18.4. The predicted octanol–water partition coefficient (Wildman–Crippen LogP) is 4.31. The van der Waals surface area contributed by atoms with Crippen molar-refractivity contribution in [3.05, 3.63) is 47.0 Å². The maximum Gasteiger partial charge on any atom is 0.253 e. The van der Waals surface area contributed by atoms with E-state index >= 15 is 0 Å². The molecule has 4 aliphatic rings. The van der Waals surface area contributed by atoms with Gasteiger partial charge in [0.2, 0.25) is 0 Å². The first-order valence-corrected chi connectivity index (χ1v) is 14.5. The summed E-state index contributed by atoms with van der Waals surface area (Å²) in [4.78, 5) is 14.1. The van der Waals surface area contributed by atoms with E-state index in [0.717, 1.165) is 61.6 Å². The molecule has 0 unspecified atom stereocenters. The van der Waals surface area contributed by atoms with E-state index in [-0.39, 0.29) is 6.10 Å². The maximum atomic E-state index is 6.49. The van der Waals surface area contributed by atoms with Crippen molar-refractivity contribution in [2.75, 3.05) is 50.8 Å². The Balaban J connectivity index is 0.921. The van der Waals surface area contributed by atoms with E-state index in [1.54, 1.807) is 4.52 Å². The number of nitrogens with zero attached hydrogens (tertiary/aromatic N) is 6. The van der Waals surface area contributed by atoms with E-state index in [1.807, 2.05) is 20.8 Å². The lowest BCUT2D eigenvalue weighted by Gasteiger charge is -2.56. The summed E-state index contributed by atoms with van der Waals surface area (Å²) in [5, 5.41) is 4.48. The Morgan fingerprint density at radius 2 is 1.74 bits per heavy atom. The van der Waals surface area contributed by atoms with Gasteiger partial charge in [-0.25, -0.2) is 4.98 Å². The van der Waals surface area contributed by atoms with Crippen molar-refractivity contribution in [2.45, 2.75) is 64.9 Å². The first kappa shape index (κ1) is 24.3. The van der Waals surface area contributed by atoms with Crippen molar-refractivity contribution in [3.8, 4) is 5.75 Å². The van der Waals surface area contributed by atoms with Crippen LogP contribution in [0.15, 0.2) is 24.3 Å². The highest BCUT2D eigenvalue weighted by atomic mass is 16.5. The summed E-state index contributed by atoms with van der Waals surface area (Å²) in [6.45, 7) is 13.6. The third kappa shape index (κ3) is 4.45. The predicted molar refractivity (Wildman–Crippen MR) is 147 cm³/mol. The van der Waals surface area contributed by atoms with Crippen molar-refractivity contribution < 1.29 is 9.47 Å². The van der Waals surface area contributed by atoms with E-state index < -0.39 is 0 Å². The Labute approximate surface area is 225 Å². The highest BCUT2D eigenvalue weighted by Gasteiger charge is 2.49. The van der Waals surface area contributed by atoms with Crippen LogP contribution in [0.4, 0.5) is 5.69 Å². The number of anilines is 1. The number of ether oxygens (including phenoxy) is 2. The molecule has 3 saturated heterocycles. The maximum absolute atomic E-state index is 6.49. The monoisotopic (exact) mass is 516 g/mol. The molecule has 5 heterocycles. The van der Waals surface area contributed by atoms with E-state index in [9.17, 15) is 0 Å². The molecule has 2 aromatic heterocycles. The van der Waals surface area contributed by atoms with Crippen LogP contribution in [0, 0.1) is 32.1 Å². The molecule has 38 heavy (non-hydrogen) atoms. The SMILES string of the molecule is Cc1nc2nc(C)c(O[C@@H]3CCN(c4ccc([C@H]5CC[C@H](CN6CC7(COC7)C6)CC5)cc4)C3)c(C)n2n1. The van der Waals surface area contributed by atoms with Gasteiger partial charge in [-0.15, -0.1) is 5.10 Å². The van der Waals surface area contributed by atoms with E-state index in [0.29, 0.717) is 17.1 Å². The first-order valence-electron chi connectivity index (χ1n) is 14.5. The smallest absolute Gasteiger partial charge is 0.253 e. The molecule has 202 valence electrons. The fourth-order valence-corrected chi connectivity index (χ4v) is 7.26. The summed E-state index contributed by atoms with van der Waals surface area (Å²) in [5.74, 6) is 3.80. The zero-order chi connectivity index (χ0) is 25.9. The normalized spacial score (nSPS) is 27.0. The van der Waals surface area contributed by atoms with Gasteiger partial charge in [0.25, 0.3) is 5.78 Å². The van der Waals surface area contributed by atoms with Gasteiger partial charge in [0, 0.05) is 43.7 Å². The Bertz CT molecular complexity index is 1300. The summed E-state index contributed by atoms with van der Waals surface area (Å²) >= 11 is 0. The molecule has 1 saturated carbocycles. The third-order valence-corrected chi connectivity index (χ3v) is 9.40. The third-order valence-electron chi connectivity index (χ3n) is 9.40. The molecule has 1 aliphatic carbocycles. The molecule has 1 aromatic carbocycles. The van der Waals surface area contributed by atoms with Crippen molar-refractivity contribution in [1.29, 1.82) is 0 Å². The zero-order valence-corrected chi connectivity index (χ0v) is 23.0. The van der Waals surface area contributed by atoms with Gasteiger partial charge in [0.05, 0.1) is 31.1 Å². The Hall–Kier alpha value is -2.71. The minimum Gasteiger partial charge on any atom is -0.485 e. The highest BCUT2D eigenvalue weighted by Crippen LogP contribution is 2.41. The van der Waals surface area contributed by atoms with Crippen LogP contribution >= 0.6 is 0 Å². The molecule has 1 spiro atoms. The Morgan fingerprint density at radius 1 is 0.974 bits per heavy atom. The number of hydrogen-bond acceptors (Lipinski definition) is 7. The molecule has 4 fully saturated rings. The van der Waals surface area contributed by atoms with Crippen molar-refractivity contribution in [1.82, 2.24) is 24.5 Å². The number of fused-ring (bicyclic) bond motifs is 1. The van der Waals surface area contributed by atoms with Crippen LogP contribution in [-0.2, 0) is 4.74 Å². The second-order valence-electron chi connectivity index (χ2n) is 12.4. The molecule has 3 aromatic rings. The minimum absolute atomic E-state index is 0.143. The van der Waals surface area contributed by atoms with Gasteiger partial charge < -0.3 is 19.3 Å². The van der Waals surface area contributed by atoms with Crippen molar-refractivity contribution >= 4 is 11.5 Å². The quantitative estimate of drug-likeness (QED) is 0.484. The second kappa shape index (κ2) is 9.49. The standard InChI is InChI=1S/C30H40N6O2/c1-20-28(21(2)36-29(31-20)32-22(3)33-36)38-27-12-13-35(15-27)26-10-8-25(9-11-26)24-6-4-23(5-7-24)14-34-16-30(17-34)18-37-19-30/h8-11,23-24,27H,4-7,12-19H2,1-3H3/t23-,24-,27-/m1/s1. The Kier molecular flexibility index (Phi) is 6.08. The van der Waals surface area contributed by atoms with Crippen molar-refractivity contribution in [2.24, 2.45) is 11.3 Å². The molecule has 1 atom stereocenters. The molecule has 0 N–H and O–H groups in total. The lowest BCUT2D eigenvalue weighted by atomic mass is 9.75. The van der Waals surface area contributed by atoms with E-state index in [4.69, 9.17) is 9.47 Å². The van der Waals surface area contributed by atoms with Crippen LogP contribution in [0.5, 0.6) is 5.75 Å². The fourth-order valence-electron chi connectivity index (χ4n) is 7.26. The lowest BCUT2D eigenvalue weighted by molar-refractivity contribution is -0.191. The summed E-state index contributed by atoms with van der Waals surface area (Å²) < 4.78 is 13.7. The van der Waals surface area contributed by atoms with Gasteiger partial charge >= 0.3 is 0 Å². The molecule has 0 bridgehead atoms. The molecular formula is C30H40N6O2. The molecule has 7 rings (SSSR count). The molecular weight excluding hydrogens is 476 g/mol. The molecule has 3 aliphatic heterocycles. The Morgan fingerprint density at radius 3 is 2.45 bits per heavy atom. The van der Waals surface area contributed by atoms with Gasteiger partial charge in [-0.1, -0.05) is 12.1 Å². The highest BCUT2D eigenvalue weighted by molar-refractivity contribution is 5.49. The van der Waals surface area contributed by atoms with Crippen LogP contribution in [-0.4, -0.2) is 76.5 Å². The number of benzene rings is 1. The summed E-state index contributed by atoms with van der Waals surface area (Å²) in [7, 11) is 0. The van der Waals surface area contributed by atoms with Crippen LogP contribution in [0.25, 0.3) is 5.78 Å². The van der Waals surface area contributed by atoms with Crippen LogP contribution in [0.3, 0.4) is 0 Å². The van der Waals surface area contributed by atoms with Crippen LogP contribution in [0.1, 0.15) is 60.8 Å². The van der Waals surface area contributed by atoms with Gasteiger partial charge in [-0.2, -0.15) is 9.50 Å². The number of hydrogen-bond donors (Lipinski definition) is 0.